The van der Waals surface area contributed by atoms with Crippen molar-refractivity contribution in [3.63, 3.8) is 0 Å². The summed E-state index contributed by atoms with van der Waals surface area (Å²) in [5, 5.41) is 11.0. The van der Waals surface area contributed by atoms with Gasteiger partial charge in [0, 0.05) is 17.9 Å². The highest BCUT2D eigenvalue weighted by Gasteiger charge is 2.56. The average molecular weight is 437 g/mol. The maximum atomic E-state index is 13.5. The van der Waals surface area contributed by atoms with Crippen LogP contribution in [-0.2, 0) is 14.3 Å². The van der Waals surface area contributed by atoms with Crippen molar-refractivity contribution in [3.05, 3.63) is 59.7 Å². The lowest BCUT2D eigenvalue weighted by Gasteiger charge is -2.53. The Hall–Kier alpha value is -2.53. The Morgan fingerprint density at radius 3 is 2.50 bits per heavy atom. The van der Waals surface area contributed by atoms with Gasteiger partial charge in [0.1, 0.15) is 11.9 Å². The smallest absolute Gasteiger partial charge is 0.338 e. The van der Waals surface area contributed by atoms with E-state index >= 15 is 0 Å². The van der Waals surface area contributed by atoms with Crippen molar-refractivity contribution in [2.24, 2.45) is 22.7 Å². The van der Waals surface area contributed by atoms with Gasteiger partial charge in [-0.15, -0.1) is 0 Å². The molecule has 1 saturated carbocycles. The maximum Gasteiger partial charge on any atom is 0.338 e. The zero-order valence-corrected chi connectivity index (χ0v) is 19.1. The van der Waals surface area contributed by atoms with Gasteiger partial charge >= 0.3 is 5.97 Å². The van der Waals surface area contributed by atoms with Crippen LogP contribution in [0.25, 0.3) is 0 Å². The second-order valence-corrected chi connectivity index (χ2v) is 10.4. The fraction of sp³-hybridized carbons (Fsp3) is 0.519. The minimum absolute atomic E-state index is 0.0138. The topological polar surface area (TPSA) is 80.7 Å². The molecule has 5 atom stereocenters. The number of carbonyl (C=O) groups excluding carboxylic acids is 3. The number of fused-ring (bicyclic) bond motifs is 2. The van der Waals surface area contributed by atoms with E-state index in [1.807, 2.05) is 19.1 Å². The molecule has 0 heterocycles. The number of ether oxygens (including phenoxy) is 1. The Morgan fingerprint density at radius 1 is 1.12 bits per heavy atom. The van der Waals surface area contributed by atoms with Crippen molar-refractivity contribution in [2.45, 2.75) is 65.1 Å². The van der Waals surface area contributed by atoms with Crippen molar-refractivity contribution in [1.29, 1.82) is 0 Å². The summed E-state index contributed by atoms with van der Waals surface area (Å²) < 4.78 is 5.95. The number of hydrogen-bond donors (Lipinski definition) is 1. The van der Waals surface area contributed by atoms with Crippen molar-refractivity contribution in [1.82, 2.24) is 0 Å². The van der Waals surface area contributed by atoms with Crippen LogP contribution in [0.5, 0.6) is 0 Å². The van der Waals surface area contributed by atoms with Crippen LogP contribution >= 0.6 is 0 Å². The highest BCUT2D eigenvalue weighted by atomic mass is 16.5. The lowest BCUT2D eigenvalue weighted by Crippen LogP contribution is -2.56. The normalized spacial score (nSPS) is 34.5. The fourth-order valence-corrected chi connectivity index (χ4v) is 6.01. The first kappa shape index (κ1) is 22.7. The number of rotatable bonds is 2. The molecule has 3 aliphatic carbocycles. The first-order valence-corrected chi connectivity index (χ1v) is 11.5. The summed E-state index contributed by atoms with van der Waals surface area (Å²) in [6.45, 7) is 10.0. The van der Waals surface area contributed by atoms with Gasteiger partial charge in [0.25, 0.3) is 0 Å². The second-order valence-electron chi connectivity index (χ2n) is 10.4. The van der Waals surface area contributed by atoms with Crippen molar-refractivity contribution < 1.29 is 24.2 Å². The SMILES string of the molecule is C=C1C(=O)C2=C[C@H]1CCC(=O)[C@]1(C)[C@H](O)CCC(C)(C)[C@H]1C[C@H]2OC(=O)c1ccccc1. The van der Waals surface area contributed by atoms with E-state index in [0.717, 1.165) is 6.42 Å². The van der Waals surface area contributed by atoms with E-state index in [1.165, 1.54) is 0 Å². The predicted molar refractivity (Wildman–Crippen MR) is 121 cm³/mol. The molecule has 0 unspecified atom stereocenters. The summed E-state index contributed by atoms with van der Waals surface area (Å²) in [5.41, 5.74) is 0.0905. The quantitative estimate of drug-likeness (QED) is 0.547. The number of esters is 1. The van der Waals surface area contributed by atoms with Gasteiger partial charge in [0.2, 0.25) is 0 Å². The van der Waals surface area contributed by atoms with Gasteiger partial charge in [-0.25, -0.2) is 4.79 Å². The number of Topliss-reactive ketones (excluding diaryl/α,β-unsaturated/α-hetero) is 2. The summed E-state index contributed by atoms with van der Waals surface area (Å²) in [6, 6.07) is 8.70. The average Bonchev–Trinajstić information content (AvgIpc) is 3.05. The zero-order valence-electron chi connectivity index (χ0n) is 19.1. The third-order valence-electron chi connectivity index (χ3n) is 8.14. The molecule has 0 saturated heterocycles. The van der Waals surface area contributed by atoms with Crippen molar-refractivity contribution in [2.75, 3.05) is 0 Å². The van der Waals surface area contributed by atoms with Gasteiger partial charge < -0.3 is 9.84 Å². The van der Waals surface area contributed by atoms with Crippen molar-refractivity contribution in [3.8, 4) is 0 Å². The highest BCUT2D eigenvalue weighted by Crippen LogP contribution is 2.55. The van der Waals surface area contributed by atoms with Gasteiger partial charge in [-0.3, -0.25) is 9.59 Å². The Balaban J connectivity index is 1.78. The van der Waals surface area contributed by atoms with Crippen LogP contribution in [-0.4, -0.2) is 34.9 Å². The molecule has 1 N–H and O–H groups in total. The molecule has 0 aromatic heterocycles. The van der Waals surface area contributed by atoms with Crippen LogP contribution in [0.2, 0.25) is 0 Å². The Morgan fingerprint density at radius 2 is 1.81 bits per heavy atom. The summed E-state index contributed by atoms with van der Waals surface area (Å²) in [5.74, 6) is -1.17. The van der Waals surface area contributed by atoms with E-state index in [9.17, 15) is 19.5 Å². The molecule has 1 aromatic rings. The van der Waals surface area contributed by atoms with Crippen LogP contribution in [0.3, 0.4) is 0 Å². The van der Waals surface area contributed by atoms with Crippen molar-refractivity contribution >= 4 is 17.5 Å². The molecule has 5 heteroatoms. The summed E-state index contributed by atoms with van der Waals surface area (Å²) in [7, 11) is 0. The molecule has 32 heavy (non-hydrogen) atoms. The Labute approximate surface area is 189 Å². The molecule has 4 rings (SSSR count). The van der Waals surface area contributed by atoms with Crippen LogP contribution in [0.15, 0.2) is 54.1 Å². The number of carbonyl (C=O) groups is 3. The van der Waals surface area contributed by atoms with E-state index in [4.69, 9.17) is 4.74 Å². The van der Waals surface area contributed by atoms with Gasteiger partial charge in [-0.1, -0.05) is 44.7 Å². The highest BCUT2D eigenvalue weighted by molar-refractivity contribution is 6.12. The van der Waals surface area contributed by atoms with E-state index in [2.05, 4.69) is 20.4 Å². The van der Waals surface area contributed by atoms with E-state index in [1.54, 1.807) is 24.3 Å². The summed E-state index contributed by atoms with van der Waals surface area (Å²) >= 11 is 0. The lowest BCUT2D eigenvalue weighted by molar-refractivity contribution is -0.157. The second kappa shape index (κ2) is 8.11. The lowest BCUT2D eigenvalue weighted by atomic mass is 9.52. The van der Waals surface area contributed by atoms with E-state index in [-0.39, 0.29) is 35.2 Å². The molecule has 0 amide bonds. The van der Waals surface area contributed by atoms with Crippen LogP contribution in [0.1, 0.15) is 63.2 Å². The molecule has 1 fully saturated rings. The van der Waals surface area contributed by atoms with Gasteiger partial charge in [-0.2, -0.15) is 0 Å². The number of aliphatic hydroxyl groups is 1. The molecule has 170 valence electrons. The first-order chi connectivity index (χ1) is 15.1. The standard InChI is InChI=1S/C27H32O5/c1-16-18-10-11-22(28)27(4)21(26(2,3)13-12-23(27)29)15-20(19(14-18)24(16)30)32-25(31)17-8-6-5-7-9-17/h5-9,14,18,20-21,23,29H,1,10-13,15H2,2-4H3/t18-,20-,21-,23-,27-/m1/s1. The van der Waals surface area contributed by atoms with Gasteiger partial charge in [0.15, 0.2) is 5.78 Å². The Kier molecular flexibility index (Phi) is 5.74. The zero-order chi connectivity index (χ0) is 23.3. The summed E-state index contributed by atoms with van der Waals surface area (Å²) in [4.78, 5) is 39.6. The predicted octanol–water partition coefficient (Wildman–Crippen LogP) is 4.45. The largest absolute Gasteiger partial charge is 0.454 e. The molecule has 3 aliphatic rings. The molecular formula is C27H32O5. The van der Waals surface area contributed by atoms with Crippen LogP contribution in [0.4, 0.5) is 0 Å². The molecule has 1 aromatic carbocycles. The molecule has 0 radical (unpaired) electrons. The molecular weight excluding hydrogens is 404 g/mol. The number of hydrogen-bond acceptors (Lipinski definition) is 5. The first-order valence-electron chi connectivity index (χ1n) is 11.5. The number of ketones is 2. The summed E-state index contributed by atoms with van der Waals surface area (Å²) in [6.07, 6.45) is 2.66. The number of aliphatic hydroxyl groups excluding tert-OH is 1. The van der Waals surface area contributed by atoms with Crippen LogP contribution < -0.4 is 0 Å². The van der Waals surface area contributed by atoms with Gasteiger partial charge in [-0.05, 0) is 61.6 Å². The minimum Gasteiger partial charge on any atom is -0.454 e. The minimum atomic E-state index is -0.957. The third kappa shape index (κ3) is 3.66. The van der Waals surface area contributed by atoms with Crippen LogP contribution in [0, 0.1) is 22.7 Å². The molecule has 2 bridgehead atoms. The fourth-order valence-electron chi connectivity index (χ4n) is 6.01. The molecule has 0 spiro atoms. The van der Waals surface area contributed by atoms with Gasteiger partial charge in [0.05, 0.1) is 17.1 Å². The van der Waals surface area contributed by atoms with E-state index < -0.39 is 23.6 Å². The number of benzene rings is 1. The molecule has 5 nitrogen and oxygen atoms in total. The third-order valence-corrected chi connectivity index (χ3v) is 8.14. The Bertz CT molecular complexity index is 989. The monoisotopic (exact) mass is 436 g/mol. The number of allylic oxidation sites excluding steroid dienone is 2. The maximum absolute atomic E-state index is 13.5. The molecule has 0 aliphatic heterocycles. The van der Waals surface area contributed by atoms with E-state index in [0.29, 0.717) is 36.0 Å².